The number of carbonyl (C=O) groups is 1. The molecule has 1 fully saturated rings. The van der Waals surface area contributed by atoms with Gasteiger partial charge in [0.25, 0.3) is 5.91 Å². The SMILES string of the molecule is CNC1CN(C(=O)c2cc(OC)c(OC)c(OC)c2)CC1c1ccc(Cl)cc1. The Morgan fingerprint density at radius 1 is 1.04 bits per heavy atom. The summed E-state index contributed by atoms with van der Waals surface area (Å²) in [6, 6.07) is 11.3. The minimum absolute atomic E-state index is 0.0732. The second-order valence-electron chi connectivity index (χ2n) is 6.68. The van der Waals surface area contributed by atoms with E-state index in [4.69, 9.17) is 25.8 Å². The number of carbonyl (C=O) groups excluding carboxylic acids is 1. The van der Waals surface area contributed by atoms with Gasteiger partial charge in [-0.2, -0.15) is 0 Å². The molecule has 28 heavy (non-hydrogen) atoms. The summed E-state index contributed by atoms with van der Waals surface area (Å²) >= 11 is 6.02. The van der Waals surface area contributed by atoms with Crippen LogP contribution >= 0.6 is 11.6 Å². The van der Waals surface area contributed by atoms with E-state index >= 15 is 0 Å². The van der Waals surface area contributed by atoms with Crippen molar-refractivity contribution >= 4 is 17.5 Å². The highest BCUT2D eigenvalue weighted by Gasteiger charge is 2.36. The molecule has 2 aromatic carbocycles. The van der Waals surface area contributed by atoms with Gasteiger partial charge in [-0.25, -0.2) is 0 Å². The van der Waals surface area contributed by atoms with Crippen molar-refractivity contribution in [2.24, 2.45) is 0 Å². The summed E-state index contributed by atoms with van der Waals surface area (Å²) in [6.45, 7) is 1.22. The number of rotatable bonds is 6. The zero-order valence-electron chi connectivity index (χ0n) is 16.5. The van der Waals surface area contributed by atoms with Gasteiger partial charge >= 0.3 is 0 Å². The molecule has 1 amide bonds. The van der Waals surface area contributed by atoms with E-state index in [9.17, 15) is 4.79 Å². The molecule has 2 aromatic rings. The predicted molar refractivity (Wildman–Crippen MR) is 109 cm³/mol. The molecular weight excluding hydrogens is 380 g/mol. The predicted octanol–water partition coefficient (Wildman–Crippen LogP) is 3.19. The first kappa shape index (κ1) is 20.3. The molecule has 0 aliphatic carbocycles. The fraction of sp³-hybridized carbons (Fsp3) is 0.381. The molecule has 1 aliphatic heterocycles. The molecule has 0 radical (unpaired) electrons. The van der Waals surface area contributed by atoms with Crippen LogP contribution in [0, 0.1) is 0 Å². The largest absolute Gasteiger partial charge is 0.493 e. The number of nitrogens with one attached hydrogen (secondary N) is 1. The van der Waals surface area contributed by atoms with Crippen LogP contribution in [-0.2, 0) is 0 Å². The van der Waals surface area contributed by atoms with Crippen molar-refractivity contribution in [3.05, 3.63) is 52.5 Å². The third kappa shape index (κ3) is 3.88. The molecular formula is C21H25ClN2O4. The van der Waals surface area contributed by atoms with Crippen molar-refractivity contribution in [2.75, 3.05) is 41.5 Å². The molecule has 1 N–H and O–H groups in total. The molecule has 0 spiro atoms. The number of benzene rings is 2. The Labute approximate surface area is 170 Å². The average Bonchev–Trinajstić information content (AvgIpc) is 3.16. The second-order valence-corrected chi connectivity index (χ2v) is 7.11. The maximum Gasteiger partial charge on any atom is 0.254 e. The van der Waals surface area contributed by atoms with Gasteiger partial charge in [0, 0.05) is 35.6 Å². The van der Waals surface area contributed by atoms with Crippen LogP contribution in [0.25, 0.3) is 0 Å². The van der Waals surface area contributed by atoms with Gasteiger partial charge < -0.3 is 24.4 Å². The van der Waals surface area contributed by atoms with E-state index < -0.39 is 0 Å². The van der Waals surface area contributed by atoms with Gasteiger partial charge in [0.05, 0.1) is 21.3 Å². The van der Waals surface area contributed by atoms with Crippen LogP contribution in [0.2, 0.25) is 5.02 Å². The Balaban J connectivity index is 1.87. The topological polar surface area (TPSA) is 60.0 Å². The molecule has 1 saturated heterocycles. The Morgan fingerprint density at radius 2 is 1.64 bits per heavy atom. The van der Waals surface area contributed by atoms with Gasteiger partial charge in [0.1, 0.15) is 0 Å². The van der Waals surface area contributed by atoms with Crippen LogP contribution in [0.5, 0.6) is 17.2 Å². The van der Waals surface area contributed by atoms with Crippen molar-refractivity contribution in [1.29, 1.82) is 0 Å². The fourth-order valence-electron chi connectivity index (χ4n) is 3.70. The van der Waals surface area contributed by atoms with Crippen LogP contribution < -0.4 is 19.5 Å². The van der Waals surface area contributed by atoms with E-state index in [1.165, 1.54) is 21.3 Å². The molecule has 6 nitrogen and oxygen atoms in total. The summed E-state index contributed by atoms with van der Waals surface area (Å²) in [7, 11) is 6.53. The van der Waals surface area contributed by atoms with Crippen LogP contribution in [0.4, 0.5) is 0 Å². The minimum Gasteiger partial charge on any atom is -0.493 e. The van der Waals surface area contributed by atoms with Crippen molar-refractivity contribution in [1.82, 2.24) is 10.2 Å². The lowest BCUT2D eigenvalue weighted by Gasteiger charge is -2.19. The first-order chi connectivity index (χ1) is 13.5. The third-order valence-electron chi connectivity index (χ3n) is 5.19. The Kier molecular flexibility index (Phi) is 6.31. The Morgan fingerprint density at radius 3 is 2.14 bits per heavy atom. The molecule has 0 saturated carbocycles. The summed E-state index contributed by atoms with van der Waals surface area (Å²) in [5.41, 5.74) is 1.66. The monoisotopic (exact) mass is 404 g/mol. The lowest BCUT2D eigenvalue weighted by Crippen LogP contribution is -2.34. The first-order valence-corrected chi connectivity index (χ1v) is 9.42. The van der Waals surface area contributed by atoms with Crippen LogP contribution in [-0.4, -0.2) is 58.3 Å². The van der Waals surface area contributed by atoms with Gasteiger partial charge in [-0.3, -0.25) is 4.79 Å². The highest BCUT2D eigenvalue weighted by atomic mass is 35.5. The summed E-state index contributed by atoms with van der Waals surface area (Å²) < 4.78 is 16.1. The summed E-state index contributed by atoms with van der Waals surface area (Å²) in [5, 5.41) is 4.03. The van der Waals surface area contributed by atoms with E-state index in [2.05, 4.69) is 5.32 Å². The highest BCUT2D eigenvalue weighted by molar-refractivity contribution is 6.30. The number of hydrogen-bond donors (Lipinski definition) is 1. The Hall–Kier alpha value is -2.44. The molecule has 2 unspecified atom stereocenters. The molecule has 3 rings (SSSR count). The zero-order valence-corrected chi connectivity index (χ0v) is 17.2. The van der Waals surface area contributed by atoms with Crippen molar-refractivity contribution < 1.29 is 19.0 Å². The van der Waals surface area contributed by atoms with Crippen molar-refractivity contribution in [2.45, 2.75) is 12.0 Å². The van der Waals surface area contributed by atoms with E-state index in [1.54, 1.807) is 12.1 Å². The maximum atomic E-state index is 13.2. The van der Waals surface area contributed by atoms with Crippen molar-refractivity contribution in [3.63, 3.8) is 0 Å². The maximum absolute atomic E-state index is 13.2. The van der Waals surface area contributed by atoms with Crippen molar-refractivity contribution in [3.8, 4) is 17.2 Å². The quantitative estimate of drug-likeness (QED) is 0.801. The number of likely N-dealkylation sites (N-methyl/N-ethyl adjacent to an activating group) is 1. The van der Waals surface area contributed by atoms with Gasteiger partial charge in [-0.05, 0) is 36.9 Å². The third-order valence-corrected chi connectivity index (χ3v) is 5.44. The van der Waals surface area contributed by atoms with E-state index in [0.717, 1.165) is 5.56 Å². The van der Waals surface area contributed by atoms with E-state index in [1.807, 2.05) is 36.2 Å². The summed E-state index contributed by atoms with van der Waals surface area (Å²) in [6.07, 6.45) is 0. The number of nitrogens with zero attached hydrogens (tertiary/aromatic N) is 1. The smallest absolute Gasteiger partial charge is 0.254 e. The summed E-state index contributed by atoms with van der Waals surface area (Å²) in [5.74, 6) is 1.51. The highest BCUT2D eigenvalue weighted by Crippen LogP contribution is 2.39. The van der Waals surface area contributed by atoms with Gasteiger partial charge in [-0.15, -0.1) is 0 Å². The zero-order chi connectivity index (χ0) is 20.3. The minimum atomic E-state index is -0.0732. The van der Waals surface area contributed by atoms with Gasteiger partial charge in [0.15, 0.2) is 11.5 Å². The standard InChI is InChI=1S/C21H25ClN2O4/c1-23-17-12-24(11-16(17)13-5-7-15(22)8-6-13)21(25)14-9-18(26-2)20(28-4)19(10-14)27-3/h5-10,16-17,23H,11-12H2,1-4H3. The number of methoxy groups -OCH3 is 3. The number of amides is 1. The van der Waals surface area contributed by atoms with Crippen LogP contribution in [0.1, 0.15) is 21.8 Å². The molecule has 1 heterocycles. The molecule has 7 heteroatoms. The normalized spacial score (nSPS) is 18.8. The van der Waals surface area contributed by atoms with Crippen LogP contribution in [0.15, 0.2) is 36.4 Å². The lowest BCUT2D eigenvalue weighted by atomic mass is 9.94. The second kappa shape index (κ2) is 8.71. The molecule has 150 valence electrons. The lowest BCUT2D eigenvalue weighted by molar-refractivity contribution is 0.0787. The molecule has 0 bridgehead atoms. The van der Waals surface area contributed by atoms with E-state index in [0.29, 0.717) is 40.9 Å². The average molecular weight is 405 g/mol. The molecule has 0 aromatic heterocycles. The molecule has 2 atom stereocenters. The fourth-order valence-corrected chi connectivity index (χ4v) is 3.82. The Bertz CT molecular complexity index is 816. The van der Waals surface area contributed by atoms with Gasteiger partial charge in [-0.1, -0.05) is 23.7 Å². The van der Waals surface area contributed by atoms with Gasteiger partial charge in [0.2, 0.25) is 5.75 Å². The van der Waals surface area contributed by atoms with Crippen LogP contribution in [0.3, 0.4) is 0 Å². The van der Waals surface area contributed by atoms with E-state index in [-0.39, 0.29) is 17.9 Å². The number of likely N-dealkylation sites (tertiary alicyclic amines) is 1. The summed E-state index contributed by atoms with van der Waals surface area (Å²) in [4.78, 5) is 15.0. The number of ether oxygens (including phenoxy) is 3. The first-order valence-electron chi connectivity index (χ1n) is 9.04. The number of hydrogen-bond acceptors (Lipinski definition) is 5. The number of halogens is 1. The molecule has 1 aliphatic rings.